The normalized spacial score (nSPS) is 14.5. The first kappa shape index (κ1) is 16.3. The van der Waals surface area contributed by atoms with Gasteiger partial charge in [0, 0.05) is 12.1 Å². The zero-order valence-corrected chi connectivity index (χ0v) is 11.3. The Morgan fingerprint density at radius 2 is 1.95 bits per heavy atom. The molecular formula is C13H17F3N2O2. The molecule has 0 spiro atoms. The van der Waals surface area contributed by atoms with E-state index in [1.165, 1.54) is 18.2 Å². The molecule has 0 aliphatic carbocycles. The van der Waals surface area contributed by atoms with E-state index in [1.807, 2.05) is 0 Å². The molecule has 112 valence electrons. The number of hydrogen-bond donors (Lipinski definition) is 2. The van der Waals surface area contributed by atoms with Crippen LogP contribution in [0.3, 0.4) is 0 Å². The number of carbonyl (C=O) groups is 1. The number of nitrogens with one attached hydrogen (secondary N) is 1. The van der Waals surface area contributed by atoms with Gasteiger partial charge < -0.3 is 15.8 Å². The van der Waals surface area contributed by atoms with Crippen LogP contribution in [0.25, 0.3) is 0 Å². The highest BCUT2D eigenvalue weighted by atomic mass is 19.4. The van der Waals surface area contributed by atoms with Gasteiger partial charge in [-0.3, -0.25) is 4.79 Å². The van der Waals surface area contributed by atoms with E-state index in [4.69, 9.17) is 5.73 Å². The van der Waals surface area contributed by atoms with Crippen molar-refractivity contribution in [3.63, 3.8) is 0 Å². The highest BCUT2D eigenvalue weighted by Crippen LogP contribution is 2.26. The van der Waals surface area contributed by atoms with E-state index in [-0.39, 0.29) is 17.9 Å². The third kappa shape index (κ3) is 4.73. The summed E-state index contributed by atoms with van der Waals surface area (Å²) in [5, 5.41) is 2.51. The van der Waals surface area contributed by atoms with Gasteiger partial charge in [0.2, 0.25) is 5.91 Å². The number of rotatable bonds is 5. The molecule has 0 saturated heterocycles. The summed E-state index contributed by atoms with van der Waals surface area (Å²) in [6.45, 7) is 3.22. The fraction of sp³-hybridized carbons (Fsp3) is 0.462. The van der Waals surface area contributed by atoms with Gasteiger partial charge in [-0.1, -0.05) is 25.1 Å². The number of benzene rings is 1. The summed E-state index contributed by atoms with van der Waals surface area (Å²) in [6.07, 6.45) is -4.36. The van der Waals surface area contributed by atoms with Gasteiger partial charge in [0.25, 0.3) is 0 Å². The maximum Gasteiger partial charge on any atom is 0.573 e. The van der Waals surface area contributed by atoms with E-state index >= 15 is 0 Å². The summed E-state index contributed by atoms with van der Waals surface area (Å²) >= 11 is 0. The van der Waals surface area contributed by atoms with E-state index in [1.54, 1.807) is 19.9 Å². The minimum absolute atomic E-state index is 0.0854. The molecule has 1 amide bonds. The largest absolute Gasteiger partial charge is 0.573 e. The fourth-order valence-electron chi connectivity index (χ4n) is 1.41. The SMILES string of the molecule is CCC(C)(N)C(=O)NCc1ccccc1OC(F)(F)F. The molecule has 0 radical (unpaired) electrons. The van der Waals surface area contributed by atoms with Crippen molar-refractivity contribution in [1.82, 2.24) is 5.32 Å². The molecule has 0 aromatic heterocycles. The maximum atomic E-state index is 12.2. The average Bonchev–Trinajstić information content (AvgIpc) is 2.35. The predicted molar refractivity (Wildman–Crippen MR) is 67.9 cm³/mol. The quantitative estimate of drug-likeness (QED) is 0.874. The van der Waals surface area contributed by atoms with Gasteiger partial charge in [-0.15, -0.1) is 13.2 Å². The molecule has 0 saturated carbocycles. The molecule has 3 N–H and O–H groups in total. The van der Waals surface area contributed by atoms with Crippen molar-refractivity contribution in [1.29, 1.82) is 0 Å². The summed E-state index contributed by atoms with van der Waals surface area (Å²) in [5.74, 6) is -0.766. The third-order valence-electron chi connectivity index (χ3n) is 2.89. The summed E-state index contributed by atoms with van der Waals surface area (Å²) in [5.41, 5.74) is 4.91. The summed E-state index contributed by atoms with van der Waals surface area (Å²) < 4.78 is 40.6. The molecule has 4 nitrogen and oxygen atoms in total. The van der Waals surface area contributed by atoms with Gasteiger partial charge in [-0.2, -0.15) is 0 Å². The van der Waals surface area contributed by atoms with E-state index in [0.29, 0.717) is 6.42 Å². The molecule has 0 fully saturated rings. The van der Waals surface area contributed by atoms with Crippen LogP contribution in [0.4, 0.5) is 13.2 Å². The Labute approximate surface area is 115 Å². The van der Waals surface area contributed by atoms with Gasteiger partial charge in [-0.25, -0.2) is 0 Å². The molecule has 1 atom stereocenters. The van der Waals surface area contributed by atoms with E-state index < -0.39 is 17.8 Å². The van der Waals surface area contributed by atoms with Crippen LogP contribution in [0.15, 0.2) is 24.3 Å². The number of carbonyl (C=O) groups excluding carboxylic acids is 1. The van der Waals surface area contributed by atoms with E-state index in [2.05, 4.69) is 10.1 Å². The molecular weight excluding hydrogens is 273 g/mol. The van der Waals surface area contributed by atoms with Crippen LogP contribution in [0.1, 0.15) is 25.8 Å². The van der Waals surface area contributed by atoms with Crippen LogP contribution in [-0.2, 0) is 11.3 Å². The fourth-order valence-corrected chi connectivity index (χ4v) is 1.41. The zero-order valence-electron chi connectivity index (χ0n) is 11.3. The van der Waals surface area contributed by atoms with Crippen LogP contribution < -0.4 is 15.8 Å². The first-order valence-electron chi connectivity index (χ1n) is 6.06. The lowest BCUT2D eigenvalue weighted by Gasteiger charge is -2.22. The van der Waals surface area contributed by atoms with Crippen LogP contribution in [0, 0.1) is 0 Å². The van der Waals surface area contributed by atoms with E-state index in [0.717, 1.165) is 0 Å². The van der Waals surface area contributed by atoms with Crippen molar-refractivity contribution in [2.45, 2.75) is 38.7 Å². The Bertz CT molecular complexity index is 473. The standard InChI is InChI=1S/C13H17F3N2O2/c1-3-12(2,17)11(19)18-8-9-6-4-5-7-10(9)20-13(14,15)16/h4-7H,3,8,17H2,1-2H3,(H,18,19). The van der Waals surface area contributed by atoms with Crippen molar-refractivity contribution in [2.24, 2.45) is 5.73 Å². The van der Waals surface area contributed by atoms with Crippen LogP contribution >= 0.6 is 0 Å². The molecule has 20 heavy (non-hydrogen) atoms. The van der Waals surface area contributed by atoms with Crippen molar-refractivity contribution >= 4 is 5.91 Å². The van der Waals surface area contributed by atoms with Crippen molar-refractivity contribution in [2.75, 3.05) is 0 Å². The molecule has 0 bridgehead atoms. The number of halogens is 3. The first-order chi connectivity index (χ1) is 9.15. The number of amides is 1. The molecule has 1 aromatic carbocycles. The second kappa shape index (κ2) is 6.13. The smallest absolute Gasteiger partial charge is 0.405 e. The monoisotopic (exact) mass is 290 g/mol. The number of para-hydroxylation sites is 1. The molecule has 7 heteroatoms. The number of hydrogen-bond acceptors (Lipinski definition) is 3. The van der Waals surface area contributed by atoms with E-state index in [9.17, 15) is 18.0 Å². The van der Waals surface area contributed by atoms with Crippen molar-refractivity contribution in [3.8, 4) is 5.75 Å². The third-order valence-corrected chi connectivity index (χ3v) is 2.89. The minimum Gasteiger partial charge on any atom is -0.405 e. The summed E-state index contributed by atoms with van der Waals surface area (Å²) in [4.78, 5) is 11.8. The number of ether oxygens (including phenoxy) is 1. The maximum absolute atomic E-state index is 12.2. The molecule has 1 aromatic rings. The Morgan fingerprint density at radius 3 is 2.50 bits per heavy atom. The molecule has 0 aliphatic heterocycles. The van der Waals surface area contributed by atoms with Gasteiger partial charge >= 0.3 is 6.36 Å². The summed E-state index contributed by atoms with van der Waals surface area (Å²) in [7, 11) is 0. The Balaban J connectivity index is 2.76. The van der Waals surface area contributed by atoms with Gasteiger partial charge in [0.05, 0.1) is 5.54 Å². The number of nitrogens with two attached hydrogens (primary N) is 1. The second-order valence-electron chi connectivity index (χ2n) is 4.61. The number of alkyl halides is 3. The van der Waals surface area contributed by atoms with Crippen LogP contribution in [-0.4, -0.2) is 17.8 Å². The second-order valence-corrected chi connectivity index (χ2v) is 4.61. The Morgan fingerprint density at radius 1 is 1.35 bits per heavy atom. The molecule has 1 rings (SSSR count). The summed E-state index contributed by atoms with van der Waals surface area (Å²) in [6, 6.07) is 5.62. The Kier molecular flexibility index (Phi) is 4.99. The topological polar surface area (TPSA) is 64.4 Å². The Hall–Kier alpha value is -1.76. The molecule has 0 aliphatic rings. The lowest BCUT2D eigenvalue weighted by Crippen LogP contribution is -2.50. The highest BCUT2D eigenvalue weighted by molar-refractivity contribution is 5.85. The molecule has 1 unspecified atom stereocenters. The van der Waals surface area contributed by atoms with Gasteiger partial charge in [0.15, 0.2) is 0 Å². The van der Waals surface area contributed by atoms with Crippen molar-refractivity contribution in [3.05, 3.63) is 29.8 Å². The van der Waals surface area contributed by atoms with Gasteiger partial charge in [-0.05, 0) is 19.4 Å². The molecule has 0 heterocycles. The van der Waals surface area contributed by atoms with Gasteiger partial charge in [0.1, 0.15) is 5.75 Å². The minimum atomic E-state index is -4.77. The van der Waals surface area contributed by atoms with Crippen LogP contribution in [0.2, 0.25) is 0 Å². The average molecular weight is 290 g/mol. The lowest BCUT2D eigenvalue weighted by atomic mass is 9.99. The highest BCUT2D eigenvalue weighted by Gasteiger charge is 2.32. The predicted octanol–water partition coefficient (Wildman–Crippen LogP) is 2.33. The lowest BCUT2D eigenvalue weighted by molar-refractivity contribution is -0.274. The first-order valence-corrected chi connectivity index (χ1v) is 6.06. The zero-order chi connectivity index (χ0) is 15.4. The van der Waals surface area contributed by atoms with Crippen LogP contribution in [0.5, 0.6) is 5.75 Å². The van der Waals surface area contributed by atoms with Crippen molar-refractivity contribution < 1.29 is 22.7 Å².